The minimum Gasteiger partial charge on any atom is -0.356 e. The molecule has 1 N–H and O–H groups in total. The first-order valence-electron chi connectivity index (χ1n) is 5.53. The van der Waals surface area contributed by atoms with E-state index in [-0.39, 0.29) is 12.2 Å². The van der Waals surface area contributed by atoms with Crippen LogP contribution in [0.4, 0.5) is 13.2 Å². The number of carbonyl (C=O) groups excluding carboxylic acids is 1. The average molecular weight is 327 g/mol. The summed E-state index contributed by atoms with van der Waals surface area (Å²) in [7, 11) is 0. The molecular formula is C11H14BrF3N2O. The van der Waals surface area contributed by atoms with Crippen molar-refractivity contribution in [1.82, 2.24) is 9.88 Å². The summed E-state index contributed by atoms with van der Waals surface area (Å²) >= 11 is 3.14. The second kappa shape index (κ2) is 6.26. The second-order valence-corrected chi connectivity index (χ2v) is 4.84. The van der Waals surface area contributed by atoms with Gasteiger partial charge in [-0.1, -0.05) is 13.3 Å². The lowest BCUT2D eigenvalue weighted by molar-refractivity contribution is -0.140. The molecule has 0 aliphatic rings. The number of aromatic nitrogens is 1. The number of hydrogen-bond acceptors (Lipinski definition) is 1. The fourth-order valence-corrected chi connectivity index (χ4v) is 1.82. The van der Waals surface area contributed by atoms with E-state index < -0.39 is 18.6 Å². The molecule has 1 amide bonds. The molecule has 1 rings (SSSR count). The maximum Gasteiger partial charge on any atom is 0.406 e. The van der Waals surface area contributed by atoms with Crippen molar-refractivity contribution in [1.29, 1.82) is 0 Å². The highest BCUT2D eigenvalue weighted by atomic mass is 79.9. The van der Waals surface area contributed by atoms with Crippen LogP contribution in [0.25, 0.3) is 0 Å². The van der Waals surface area contributed by atoms with Crippen LogP contribution in [0, 0.1) is 0 Å². The van der Waals surface area contributed by atoms with Crippen molar-refractivity contribution in [2.75, 3.05) is 13.1 Å². The summed E-state index contributed by atoms with van der Waals surface area (Å²) in [5, 5.41) is 0. The number of nitrogens with one attached hydrogen (secondary N) is 1. The molecule has 0 aromatic carbocycles. The Morgan fingerprint density at radius 1 is 1.50 bits per heavy atom. The molecule has 102 valence electrons. The quantitative estimate of drug-likeness (QED) is 0.882. The number of aromatic amines is 1. The van der Waals surface area contributed by atoms with Crippen LogP contribution < -0.4 is 0 Å². The number of H-pyrrole nitrogens is 1. The van der Waals surface area contributed by atoms with E-state index in [4.69, 9.17) is 0 Å². The van der Waals surface area contributed by atoms with Crippen LogP contribution in [0.1, 0.15) is 30.3 Å². The average Bonchev–Trinajstić information content (AvgIpc) is 2.68. The van der Waals surface area contributed by atoms with Crippen LogP contribution in [0.15, 0.2) is 16.7 Å². The predicted octanol–water partition coefficient (Wildman–Crippen LogP) is 3.58. The van der Waals surface area contributed by atoms with Gasteiger partial charge in [0, 0.05) is 17.2 Å². The standard InChI is InChI=1S/C11H14BrF3N2O/c1-2-3-4-17(7-11(13,14)15)10(18)9-5-8(12)6-16-9/h5-6,16H,2-4,7H2,1H3. The molecule has 0 saturated heterocycles. The molecule has 0 aliphatic heterocycles. The third-order valence-electron chi connectivity index (χ3n) is 2.32. The summed E-state index contributed by atoms with van der Waals surface area (Å²) in [5.74, 6) is -0.633. The Bertz CT molecular complexity index is 403. The number of nitrogens with zero attached hydrogens (tertiary/aromatic N) is 1. The van der Waals surface area contributed by atoms with Crippen LogP contribution in [0.2, 0.25) is 0 Å². The molecule has 0 bridgehead atoms. The highest BCUT2D eigenvalue weighted by Crippen LogP contribution is 2.19. The number of amides is 1. The Morgan fingerprint density at radius 2 is 2.17 bits per heavy atom. The summed E-state index contributed by atoms with van der Waals surface area (Å²) in [6.07, 6.45) is -1.59. The zero-order chi connectivity index (χ0) is 13.8. The molecule has 0 saturated carbocycles. The van der Waals surface area contributed by atoms with Gasteiger partial charge in [-0.05, 0) is 28.4 Å². The van der Waals surface area contributed by atoms with Gasteiger partial charge in [0.25, 0.3) is 5.91 Å². The predicted molar refractivity (Wildman–Crippen MR) is 65.4 cm³/mol. The van der Waals surface area contributed by atoms with Gasteiger partial charge in [-0.2, -0.15) is 13.2 Å². The molecule has 0 aliphatic carbocycles. The van der Waals surface area contributed by atoms with Gasteiger partial charge in [-0.25, -0.2) is 0 Å². The highest BCUT2D eigenvalue weighted by molar-refractivity contribution is 9.10. The zero-order valence-electron chi connectivity index (χ0n) is 9.85. The molecule has 7 heteroatoms. The first kappa shape index (κ1) is 15.1. The van der Waals surface area contributed by atoms with E-state index in [9.17, 15) is 18.0 Å². The summed E-state index contributed by atoms with van der Waals surface area (Å²) < 4.78 is 37.8. The van der Waals surface area contributed by atoms with Gasteiger partial charge in [0.05, 0.1) is 0 Å². The Labute approximate surface area is 111 Å². The molecule has 1 aromatic heterocycles. The number of hydrogen-bond donors (Lipinski definition) is 1. The van der Waals surface area contributed by atoms with E-state index in [2.05, 4.69) is 20.9 Å². The summed E-state index contributed by atoms with van der Waals surface area (Å²) in [6, 6.07) is 1.47. The molecule has 0 fully saturated rings. The summed E-state index contributed by atoms with van der Waals surface area (Å²) in [6.45, 7) is 0.745. The summed E-state index contributed by atoms with van der Waals surface area (Å²) in [4.78, 5) is 15.4. The number of halogens is 4. The van der Waals surface area contributed by atoms with Crippen LogP contribution >= 0.6 is 15.9 Å². The molecule has 0 unspecified atom stereocenters. The van der Waals surface area contributed by atoms with Crippen LogP contribution in [-0.2, 0) is 0 Å². The fraction of sp³-hybridized carbons (Fsp3) is 0.545. The van der Waals surface area contributed by atoms with Gasteiger partial charge in [-0.15, -0.1) is 0 Å². The third kappa shape index (κ3) is 4.72. The van der Waals surface area contributed by atoms with E-state index in [0.29, 0.717) is 10.9 Å². The van der Waals surface area contributed by atoms with Crippen molar-refractivity contribution < 1.29 is 18.0 Å². The van der Waals surface area contributed by atoms with Gasteiger partial charge in [0.1, 0.15) is 12.2 Å². The number of carbonyl (C=O) groups is 1. The first-order valence-corrected chi connectivity index (χ1v) is 6.32. The molecule has 1 heterocycles. The lowest BCUT2D eigenvalue weighted by atomic mass is 10.3. The monoisotopic (exact) mass is 326 g/mol. The molecule has 18 heavy (non-hydrogen) atoms. The normalized spacial score (nSPS) is 11.6. The zero-order valence-corrected chi connectivity index (χ0v) is 11.4. The van der Waals surface area contributed by atoms with E-state index in [0.717, 1.165) is 11.3 Å². The van der Waals surface area contributed by atoms with E-state index >= 15 is 0 Å². The Balaban J connectivity index is 2.78. The van der Waals surface area contributed by atoms with E-state index in [1.807, 2.05) is 6.92 Å². The van der Waals surface area contributed by atoms with Gasteiger partial charge in [-0.3, -0.25) is 4.79 Å². The van der Waals surface area contributed by atoms with Crippen molar-refractivity contribution in [2.24, 2.45) is 0 Å². The molecule has 1 aromatic rings. The van der Waals surface area contributed by atoms with Crippen LogP contribution in [0.5, 0.6) is 0 Å². The molecule has 0 atom stereocenters. The van der Waals surface area contributed by atoms with Crippen molar-refractivity contribution in [3.63, 3.8) is 0 Å². The molecule has 3 nitrogen and oxygen atoms in total. The number of unbranched alkanes of at least 4 members (excludes halogenated alkanes) is 1. The van der Waals surface area contributed by atoms with E-state index in [1.54, 1.807) is 0 Å². The minimum atomic E-state index is -4.38. The van der Waals surface area contributed by atoms with Gasteiger partial charge in [0.15, 0.2) is 0 Å². The molecule has 0 radical (unpaired) electrons. The Hall–Kier alpha value is -0.980. The number of alkyl halides is 3. The lowest BCUT2D eigenvalue weighted by Crippen LogP contribution is -2.39. The van der Waals surface area contributed by atoms with Gasteiger partial charge >= 0.3 is 6.18 Å². The SMILES string of the molecule is CCCCN(CC(F)(F)F)C(=O)c1cc(Br)c[nH]1. The smallest absolute Gasteiger partial charge is 0.356 e. The van der Waals surface area contributed by atoms with Crippen molar-refractivity contribution >= 4 is 21.8 Å². The maximum absolute atomic E-state index is 12.4. The molecular weight excluding hydrogens is 313 g/mol. The van der Waals surface area contributed by atoms with Gasteiger partial charge in [0.2, 0.25) is 0 Å². The molecule has 0 spiro atoms. The topological polar surface area (TPSA) is 36.1 Å². The summed E-state index contributed by atoms with van der Waals surface area (Å²) in [5.41, 5.74) is 0.155. The second-order valence-electron chi connectivity index (χ2n) is 3.93. The first-order chi connectivity index (χ1) is 8.33. The Kier molecular flexibility index (Phi) is 5.25. The van der Waals surface area contributed by atoms with Crippen molar-refractivity contribution in [2.45, 2.75) is 25.9 Å². The highest BCUT2D eigenvalue weighted by Gasteiger charge is 2.33. The van der Waals surface area contributed by atoms with Crippen LogP contribution in [0.3, 0.4) is 0 Å². The number of rotatable bonds is 5. The van der Waals surface area contributed by atoms with Gasteiger partial charge < -0.3 is 9.88 Å². The maximum atomic E-state index is 12.4. The fourth-order valence-electron chi connectivity index (χ4n) is 1.48. The minimum absolute atomic E-state index is 0.103. The van der Waals surface area contributed by atoms with Crippen LogP contribution in [-0.4, -0.2) is 35.1 Å². The van der Waals surface area contributed by atoms with E-state index in [1.165, 1.54) is 12.3 Å². The lowest BCUT2D eigenvalue weighted by Gasteiger charge is -2.23. The third-order valence-corrected chi connectivity index (χ3v) is 2.77. The Morgan fingerprint density at radius 3 is 2.61 bits per heavy atom. The largest absolute Gasteiger partial charge is 0.406 e. The van der Waals surface area contributed by atoms with Crippen molar-refractivity contribution in [3.8, 4) is 0 Å². The van der Waals surface area contributed by atoms with Crippen molar-refractivity contribution in [3.05, 3.63) is 22.4 Å².